The van der Waals surface area contributed by atoms with Gasteiger partial charge in [0, 0.05) is 22.5 Å². The van der Waals surface area contributed by atoms with E-state index in [1.807, 2.05) is 53.7 Å². The second kappa shape index (κ2) is 6.93. The fourth-order valence-electron chi connectivity index (χ4n) is 4.44. The summed E-state index contributed by atoms with van der Waals surface area (Å²) < 4.78 is 18.9. The molecule has 0 aliphatic heterocycles. The zero-order valence-corrected chi connectivity index (χ0v) is 18.4. The molecule has 1 aromatic carbocycles. The van der Waals surface area contributed by atoms with E-state index in [2.05, 4.69) is 0 Å². The first-order valence-electron chi connectivity index (χ1n) is 10.3. The number of carbonyl (C=O) groups is 2. The fraction of sp³-hybridized carbons (Fsp3) is 0.520. The number of allylic oxidation sites excluding steroid dienone is 4. The molecular weight excluding hydrogens is 367 g/mol. The lowest BCUT2D eigenvalue weighted by atomic mass is 9.69. The van der Waals surface area contributed by atoms with E-state index in [1.54, 1.807) is 19.1 Å². The van der Waals surface area contributed by atoms with Crippen LogP contribution < -0.4 is 0 Å². The highest BCUT2D eigenvalue weighted by molar-refractivity contribution is 6.11. The van der Waals surface area contributed by atoms with Crippen LogP contribution in [0.25, 0.3) is 0 Å². The maximum atomic E-state index is 13.5. The van der Waals surface area contributed by atoms with Crippen molar-refractivity contribution in [2.75, 3.05) is 6.61 Å². The molecule has 0 bridgehead atoms. The lowest BCUT2D eigenvalue weighted by molar-refractivity contribution is -0.145. The van der Waals surface area contributed by atoms with Gasteiger partial charge in [-0.05, 0) is 35.4 Å². The average Bonchev–Trinajstić information content (AvgIpc) is 3.23. The van der Waals surface area contributed by atoms with Crippen molar-refractivity contribution < 1.29 is 18.7 Å². The first-order chi connectivity index (χ1) is 13.3. The van der Waals surface area contributed by atoms with E-state index in [0.717, 1.165) is 16.7 Å². The minimum Gasteiger partial charge on any atom is -0.466 e. The van der Waals surface area contributed by atoms with Crippen LogP contribution in [0, 0.1) is 28.0 Å². The Balaban J connectivity index is 2.21. The molecule has 1 spiro atoms. The van der Waals surface area contributed by atoms with Gasteiger partial charge in [-0.2, -0.15) is 0 Å². The van der Waals surface area contributed by atoms with Crippen molar-refractivity contribution in [1.82, 2.24) is 0 Å². The average molecular weight is 399 g/mol. The topological polar surface area (TPSA) is 43.4 Å². The van der Waals surface area contributed by atoms with Gasteiger partial charge in [-0.3, -0.25) is 9.59 Å². The number of benzene rings is 1. The van der Waals surface area contributed by atoms with E-state index in [1.165, 1.54) is 12.1 Å². The third kappa shape index (κ3) is 3.70. The zero-order chi connectivity index (χ0) is 21.8. The summed E-state index contributed by atoms with van der Waals surface area (Å²) in [4.78, 5) is 26.2. The van der Waals surface area contributed by atoms with Gasteiger partial charge in [-0.15, -0.1) is 0 Å². The quantitative estimate of drug-likeness (QED) is 0.621. The van der Waals surface area contributed by atoms with Crippen molar-refractivity contribution in [3.63, 3.8) is 0 Å². The van der Waals surface area contributed by atoms with E-state index in [0.29, 0.717) is 6.61 Å². The van der Waals surface area contributed by atoms with Crippen LogP contribution in [0.5, 0.6) is 0 Å². The van der Waals surface area contributed by atoms with Crippen LogP contribution in [0.2, 0.25) is 0 Å². The molecule has 0 heterocycles. The van der Waals surface area contributed by atoms with E-state index in [4.69, 9.17) is 4.74 Å². The summed E-state index contributed by atoms with van der Waals surface area (Å²) in [5, 5.41) is 0. The number of Topliss-reactive ketones (excluding diaryl/α,β-unsaturated/α-hetero) is 1. The summed E-state index contributed by atoms with van der Waals surface area (Å²) in [5.41, 5.74) is 0.998. The Hall–Kier alpha value is -2.23. The molecule has 1 saturated carbocycles. The monoisotopic (exact) mass is 398 g/mol. The highest BCUT2D eigenvalue weighted by Crippen LogP contribution is 2.70. The number of halogens is 1. The van der Waals surface area contributed by atoms with Gasteiger partial charge in [0.15, 0.2) is 5.78 Å². The van der Waals surface area contributed by atoms with E-state index < -0.39 is 11.3 Å². The Morgan fingerprint density at radius 1 is 1.00 bits per heavy atom. The van der Waals surface area contributed by atoms with Crippen LogP contribution in [0.3, 0.4) is 0 Å². The van der Waals surface area contributed by atoms with Gasteiger partial charge in [-0.1, -0.05) is 65.8 Å². The number of hydrogen-bond acceptors (Lipinski definition) is 3. The minimum absolute atomic E-state index is 0.0444. The van der Waals surface area contributed by atoms with Gasteiger partial charge in [0.1, 0.15) is 5.82 Å². The van der Waals surface area contributed by atoms with E-state index in [-0.39, 0.29) is 34.3 Å². The molecule has 1 fully saturated rings. The SMILES string of the molecule is CCOC(=O)[C@H]1[C@H](c2ccc(F)cc2)C12C=C(C(C)(C)C)C(=O)C(C(C)(C)C)=C2. The molecule has 3 nitrogen and oxygen atoms in total. The first-order valence-corrected chi connectivity index (χ1v) is 10.3. The number of carbonyl (C=O) groups excluding carboxylic acids is 2. The highest BCUT2D eigenvalue weighted by atomic mass is 19.1. The highest BCUT2D eigenvalue weighted by Gasteiger charge is 2.68. The van der Waals surface area contributed by atoms with Crippen molar-refractivity contribution in [2.45, 2.75) is 54.4 Å². The third-order valence-corrected chi connectivity index (χ3v) is 5.97. The number of rotatable bonds is 3. The van der Waals surface area contributed by atoms with Crippen LogP contribution in [-0.4, -0.2) is 18.4 Å². The molecule has 4 heteroatoms. The first kappa shape index (κ1) is 21.5. The van der Waals surface area contributed by atoms with Gasteiger partial charge < -0.3 is 4.74 Å². The lowest BCUT2D eigenvalue weighted by Crippen LogP contribution is -2.31. The van der Waals surface area contributed by atoms with Crippen LogP contribution in [-0.2, 0) is 14.3 Å². The van der Waals surface area contributed by atoms with Gasteiger partial charge in [0.25, 0.3) is 0 Å². The smallest absolute Gasteiger partial charge is 0.310 e. The molecule has 0 aromatic heterocycles. The summed E-state index contributed by atoms with van der Waals surface area (Å²) in [5.74, 6) is -1.14. The maximum Gasteiger partial charge on any atom is 0.310 e. The van der Waals surface area contributed by atoms with Crippen LogP contribution >= 0.6 is 0 Å². The number of ketones is 1. The second-order valence-corrected chi connectivity index (χ2v) is 10.2. The Labute approximate surface area is 173 Å². The molecule has 156 valence electrons. The molecule has 0 saturated heterocycles. The predicted octanol–water partition coefficient (Wildman–Crippen LogP) is 5.62. The van der Waals surface area contributed by atoms with Crippen molar-refractivity contribution >= 4 is 11.8 Å². The lowest BCUT2D eigenvalue weighted by Gasteiger charge is -2.34. The molecule has 0 radical (unpaired) electrons. The van der Waals surface area contributed by atoms with E-state index >= 15 is 0 Å². The molecule has 1 aromatic rings. The third-order valence-electron chi connectivity index (χ3n) is 5.97. The van der Waals surface area contributed by atoms with Crippen LogP contribution in [0.15, 0.2) is 47.6 Å². The Bertz CT molecular complexity index is 857. The van der Waals surface area contributed by atoms with Crippen LogP contribution in [0.4, 0.5) is 4.39 Å². The summed E-state index contributed by atoms with van der Waals surface area (Å²) in [6.07, 6.45) is 3.97. The van der Waals surface area contributed by atoms with Crippen molar-refractivity contribution in [2.24, 2.45) is 22.2 Å². The van der Waals surface area contributed by atoms with Gasteiger partial charge in [-0.25, -0.2) is 4.39 Å². The molecule has 0 N–H and O–H groups in total. The summed E-state index contributed by atoms with van der Waals surface area (Å²) >= 11 is 0. The molecule has 3 rings (SSSR count). The van der Waals surface area contributed by atoms with Crippen molar-refractivity contribution in [3.8, 4) is 0 Å². The molecule has 2 aliphatic rings. The predicted molar refractivity (Wildman–Crippen MR) is 112 cm³/mol. The fourth-order valence-corrected chi connectivity index (χ4v) is 4.44. The second-order valence-electron chi connectivity index (χ2n) is 10.2. The largest absolute Gasteiger partial charge is 0.466 e. The Morgan fingerprint density at radius 2 is 1.48 bits per heavy atom. The molecular formula is C25H31FO3. The van der Waals surface area contributed by atoms with Gasteiger partial charge >= 0.3 is 5.97 Å². The normalized spacial score (nSPS) is 23.5. The maximum absolute atomic E-state index is 13.5. The molecule has 2 aliphatic carbocycles. The number of ether oxygens (including phenoxy) is 1. The molecule has 0 amide bonds. The zero-order valence-electron chi connectivity index (χ0n) is 18.4. The van der Waals surface area contributed by atoms with Crippen molar-refractivity contribution in [1.29, 1.82) is 0 Å². The van der Waals surface area contributed by atoms with Crippen LogP contribution in [0.1, 0.15) is 59.9 Å². The molecule has 2 atom stereocenters. The summed E-state index contributed by atoms with van der Waals surface area (Å²) in [6.45, 7) is 14.2. The Kier molecular flexibility index (Phi) is 5.13. The standard InChI is InChI=1S/C25H31FO3/c1-8-29-22(28)20-19(15-9-11-16(26)12-10-15)25(20)13-17(23(2,3)4)21(27)18(14-25)24(5,6)7/h9-14,19-20H,8H2,1-7H3/t19-,20+/m0/s1. The number of esters is 1. The van der Waals surface area contributed by atoms with Gasteiger partial charge in [0.2, 0.25) is 0 Å². The Morgan fingerprint density at radius 3 is 1.90 bits per heavy atom. The van der Waals surface area contributed by atoms with Crippen molar-refractivity contribution in [3.05, 3.63) is 58.9 Å². The number of hydrogen-bond donors (Lipinski definition) is 0. The molecule has 0 unspecified atom stereocenters. The summed E-state index contributed by atoms with van der Waals surface area (Å²) in [6, 6.07) is 6.29. The van der Waals surface area contributed by atoms with Gasteiger partial charge in [0.05, 0.1) is 12.5 Å². The molecule has 29 heavy (non-hydrogen) atoms. The van der Waals surface area contributed by atoms with E-state index in [9.17, 15) is 14.0 Å². The summed E-state index contributed by atoms with van der Waals surface area (Å²) in [7, 11) is 0. The minimum atomic E-state index is -0.622.